The smallest absolute Gasteiger partial charge is 0.122 e. The average Bonchev–Trinajstić information content (AvgIpc) is 2.46. The Morgan fingerprint density at radius 3 is 2.19 bits per heavy atom. The third-order valence-electron chi connectivity index (χ3n) is 3.74. The standard InChI is InChI=1S/C19H24O2/c1-13(2)17-10-7-15(4)19(11-17)21-12-18(20)16-8-5-14(3)6-9-16/h5-11,13,18,20H,12H2,1-4H3. The van der Waals surface area contributed by atoms with Crippen LogP contribution in [0.1, 0.15) is 48.1 Å². The van der Waals surface area contributed by atoms with Crippen molar-refractivity contribution in [3.05, 3.63) is 64.7 Å². The van der Waals surface area contributed by atoms with Crippen LogP contribution in [0.15, 0.2) is 42.5 Å². The van der Waals surface area contributed by atoms with Gasteiger partial charge in [0.25, 0.3) is 0 Å². The van der Waals surface area contributed by atoms with Crippen molar-refractivity contribution >= 4 is 0 Å². The lowest BCUT2D eigenvalue weighted by atomic mass is 10.0. The van der Waals surface area contributed by atoms with Gasteiger partial charge >= 0.3 is 0 Å². The highest BCUT2D eigenvalue weighted by Gasteiger charge is 2.10. The molecule has 1 N–H and O–H groups in total. The lowest BCUT2D eigenvalue weighted by Gasteiger charge is -2.16. The van der Waals surface area contributed by atoms with E-state index in [-0.39, 0.29) is 6.61 Å². The maximum atomic E-state index is 10.2. The zero-order chi connectivity index (χ0) is 15.4. The van der Waals surface area contributed by atoms with Crippen molar-refractivity contribution < 1.29 is 9.84 Å². The van der Waals surface area contributed by atoms with E-state index in [2.05, 4.69) is 32.0 Å². The first-order valence-electron chi connectivity index (χ1n) is 7.45. The van der Waals surface area contributed by atoms with Crippen molar-refractivity contribution in [2.45, 2.75) is 39.7 Å². The largest absolute Gasteiger partial charge is 0.490 e. The summed E-state index contributed by atoms with van der Waals surface area (Å²) in [4.78, 5) is 0. The molecular weight excluding hydrogens is 260 g/mol. The number of benzene rings is 2. The van der Waals surface area contributed by atoms with Gasteiger partial charge in [-0.15, -0.1) is 0 Å². The van der Waals surface area contributed by atoms with Crippen molar-refractivity contribution in [2.24, 2.45) is 0 Å². The van der Waals surface area contributed by atoms with Crippen LogP contribution in [0.4, 0.5) is 0 Å². The summed E-state index contributed by atoms with van der Waals surface area (Å²) in [7, 11) is 0. The van der Waals surface area contributed by atoms with Crippen LogP contribution in [0, 0.1) is 13.8 Å². The molecule has 0 aliphatic heterocycles. The Morgan fingerprint density at radius 2 is 1.57 bits per heavy atom. The fourth-order valence-corrected chi connectivity index (χ4v) is 2.18. The van der Waals surface area contributed by atoms with E-state index in [9.17, 15) is 5.11 Å². The summed E-state index contributed by atoms with van der Waals surface area (Å²) in [6.07, 6.45) is -0.604. The number of aryl methyl sites for hydroxylation is 2. The van der Waals surface area contributed by atoms with Crippen molar-refractivity contribution in [3.8, 4) is 5.75 Å². The van der Waals surface area contributed by atoms with Crippen LogP contribution in [0.25, 0.3) is 0 Å². The van der Waals surface area contributed by atoms with Crippen LogP contribution in [0.2, 0.25) is 0 Å². The van der Waals surface area contributed by atoms with Crippen LogP contribution < -0.4 is 4.74 Å². The highest BCUT2D eigenvalue weighted by molar-refractivity contribution is 5.38. The number of hydrogen-bond donors (Lipinski definition) is 1. The zero-order valence-electron chi connectivity index (χ0n) is 13.3. The van der Waals surface area contributed by atoms with E-state index < -0.39 is 6.10 Å². The second kappa shape index (κ2) is 6.77. The topological polar surface area (TPSA) is 29.5 Å². The van der Waals surface area contributed by atoms with Gasteiger partial charge in [0.15, 0.2) is 0 Å². The van der Waals surface area contributed by atoms with Crippen molar-refractivity contribution in [2.75, 3.05) is 6.61 Å². The molecular formula is C19H24O2. The Bertz CT molecular complexity index is 585. The molecule has 0 saturated carbocycles. The minimum Gasteiger partial charge on any atom is -0.490 e. The molecule has 2 heteroatoms. The predicted octanol–water partition coefficient (Wildman–Crippen LogP) is 4.54. The molecule has 0 aromatic heterocycles. The fraction of sp³-hybridized carbons (Fsp3) is 0.368. The molecule has 0 amide bonds. The van der Waals surface area contributed by atoms with E-state index in [1.54, 1.807) is 0 Å². The molecule has 2 aromatic carbocycles. The quantitative estimate of drug-likeness (QED) is 0.873. The lowest BCUT2D eigenvalue weighted by molar-refractivity contribution is 0.108. The summed E-state index contributed by atoms with van der Waals surface area (Å²) < 4.78 is 5.82. The number of aliphatic hydroxyl groups excluding tert-OH is 1. The minimum absolute atomic E-state index is 0.269. The first-order chi connectivity index (χ1) is 9.97. The monoisotopic (exact) mass is 284 g/mol. The Morgan fingerprint density at radius 1 is 0.952 bits per heavy atom. The SMILES string of the molecule is Cc1ccc(C(O)COc2cc(C(C)C)ccc2C)cc1. The molecule has 112 valence electrons. The van der Waals surface area contributed by atoms with Crippen LogP contribution in [-0.2, 0) is 0 Å². The van der Waals surface area contributed by atoms with Gasteiger partial charge in [0.2, 0.25) is 0 Å². The van der Waals surface area contributed by atoms with Gasteiger partial charge in [0, 0.05) is 0 Å². The minimum atomic E-state index is -0.604. The third-order valence-corrected chi connectivity index (χ3v) is 3.74. The lowest BCUT2D eigenvalue weighted by Crippen LogP contribution is -2.10. The van der Waals surface area contributed by atoms with Gasteiger partial charge in [-0.3, -0.25) is 0 Å². The van der Waals surface area contributed by atoms with Gasteiger partial charge in [0.1, 0.15) is 18.5 Å². The van der Waals surface area contributed by atoms with Crippen molar-refractivity contribution in [1.29, 1.82) is 0 Å². The number of rotatable bonds is 5. The van der Waals surface area contributed by atoms with Gasteiger partial charge in [-0.25, -0.2) is 0 Å². The molecule has 0 fully saturated rings. The molecule has 2 aromatic rings. The molecule has 0 aliphatic carbocycles. The van der Waals surface area contributed by atoms with Crippen LogP contribution in [0.5, 0.6) is 5.75 Å². The third kappa shape index (κ3) is 4.08. The maximum absolute atomic E-state index is 10.2. The molecule has 0 aliphatic rings. The Balaban J connectivity index is 2.05. The predicted molar refractivity (Wildman–Crippen MR) is 86.9 cm³/mol. The van der Waals surface area contributed by atoms with Crippen molar-refractivity contribution in [3.63, 3.8) is 0 Å². The summed E-state index contributed by atoms with van der Waals surface area (Å²) in [5.74, 6) is 1.32. The molecule has 2 nitrogen and oxygen atoms in total. The zero-order valence-corrected chi connectivity index (χ0v) is 13.3. The normalized spacial score (nSPS) is 12.5. The molecule has 1 unspecified atom stereocenters. The molecule has 0 bridgehead atoms. The van der Waals surface area contributed by atoms with E-state index in [1.807, 2.05) is 38.1 Å². The molecule has 2 rings (SSSR count). The van der Waals surface area contributed by atoms with Crippen LogP contribution >= 0.6 is 0 Å². The highest BCUT2D eigenvalue weighted by Crippen LogP contribution is 2.25. The van der Waals surface area contributed by atoms with Crippen molar-refractivity contribution in [1.82, 2.24) is 0 Å². The fourth-order valence-electron chi connectivity index (χ4n) is 2.18. The second-order valence-electron chi connectivity index (χ2n) is 5.92. The van der Waals surface area contributed by atoms with Crippen LogP contribution in [0.3, 0.4) is 0 Å². The van der Waals surface area contributed by atoms with Gasteiger partial charge < -0.3 is 9.84 Å². The van der Waals surface area contributed by atoms with Gasteiger partial charge in [0.05, 0.1) is 0 Å². The van der Waals surface area contributed by atoms with E-state index in [0.717, 1.165) is 16.9 Å². The number of ether oxygens (including phenoxy) is 1. The van der Waals surface area contributed by atoms with Gasteiger partial charge in [-0.05, 0) is 42.5 Å². The Kier molecular flexibility index (Phi) is 5.03. The summed E-state index contributed by atoms with van der Waals surface area (Å²) >= 11 is 0. The van der Waals surface area contributed by atoms with E-state index in [0.29, 0.717) is 5.92 Å². The summed E-state index contributed by atoms with van der Waals surface area (Å²) in [5, 5.41) is 10.2. The van der Waals surface area contributed by atoms with E-state index >= 15 is 0 Å². The highest BCUT2D eigenvalue weighted by atomic mass is 16.5. The Hall–Kier alpha value is -1.80. The molecule has 0 saturated heterocycles. The molecule has 0 radical (unpaired) electrons. The number of hydrogen-bond acceptors (Lipinski definition) is 2. The summed E-state index contributed by atoms with van der Waals surface area (Å²) in [5.41, 5.74) is 4.42. The summed E-state index contributed by atoms with van der Waals surface area (Å²) in [6.45, 7) is 8.65. The first-order valence-corrected chi connectivity index (χ1v) is 7.45. The number of aliphatic hydroxyl groups is 1. The second-order valence-corrected chi connectivity index (χ2v) is 5.92. The van der Waals surface area contributed by atoms with Crippen LogP contribution in [-0.4, -0.2) is 11.7 Å². The molecule has 0 spiro atoms. The Labute approximate surface area is 127 Å². The molecule has 21 heavy (non-hydrogen) atoms. The van der Waals surface area contributed by atoms with Gasteiger partial charge in [-0.1, -0.05) is 55.8 Å². The van der Waals surface area contributed by atoms with E-state index in [4.69, 9.17) is 4.74 Å². The van der Waals surface area contributed by atoms with Gasteiger partial charge in [-0.2, -0.15) is 0 Å². The van der Waals surface area contributed by atoms with E-state index in [1.165, 1.54) is 11.1 Å². The maximum Gasteiger partial charge on any atom is 0.122 e. The molecule has 1 atom stereocenters. The molecule has 0 heterocycles. The summed E-state index contributed by atoms with van der Waals surface area (Å²) in [6, 6.07) is 14.2. The first kappa shape index (κ1) is 15.6. The average molecular weight is 284 g/mol.